The van der Waals surface area contributed by atoms with Crippen LogP contribution in [0.15, 0.2) is 24.3 Å². The summed E-state index contributed by atoms with van der Waals surface area (Å²) in [6, 6.07) is 6.91. The quantitative estimate of drug-likeness (QED) is 0.890. The number of hydrogen-bond acceptors (Lipinski definition) is 2. The van der Waals surface area contributed by atoms with E-state index in [-0.39, 0.29) is 5.82 Å². The Labute approximate surface area is 109 Å². The molecule has 1 aromatic carbocycles. The molecule has 1 unspecified atom stereocenters. The van der Waals surface area contributed by atoms with Crippen molar-refractivity contribution in [3.05, 3.63) is 35.6 Å². The van der Waals surface area contributed by atoms with Gasteiger partial charge in [0.1, 0.15) is 5.82 Å². The van der Waals surface area contributed by atoms with E-state index in [4.69, 9.17) is 5.73 Å². The van der Waals surface area contributed by atoms with Gasteiger partial charge in [0.25, 0.3) is 0 Å². The molecule has 2 N–H and O–H groups in total. The number of hydrogen-bond donors (Lipinski definition) is 1. The Morgan fingerprint density at radius 3 is 2.50 bits per heavy atom. The minimum Gasteiger partial charge on any atom is -0.320 e. The summed E-state index contributed by atoms with van der Waals surface area (Å²) in [5.74, 6) is -0.182. The minimum atomic E-state index is -0.567. The van der Waals surface area contributed by atoms with Gasteiger partial charge in [-0.2, -0.15) is 0 Å². The van der Waals surface area contributed by atoms with Gasteiger partial charge in [0.2, 0.25) is 0 Å². The first kappa shape index (κ1) is 13.5. The highest BCUT2D eigenvalue weighted by Crippen LogP contribution is 2.27. The summed E-state index contributed by atoms with van der Waals surface area (Å²) in [5, 5.41) is 0. The van der Waals surface area contributed by atoms with E-state index in [0.717, 1.165) is 26.1 Å². The Balaban J connectivity index is 2.16. The van der Waals surface area contributed by atoms with Crippen molar-refractivity contribution < 1.29 is 4.39 Å². The third kappa shape index (κ3) is 2.90. The third-order valence-corrected chi connectivity index (χ3v) is 4.00. The van der Waals surface area contributed by atoms with Gasteiger partial charge in [0, 0.05) is 12.1 Å². The monoisotopic (exact) mass is 250 g/mol. The van der Waals surface area contributed by atoms with Crippen molar-refractivity contribution in [3.63, 3.8) is 0 Å². The Morgan fingerprint density at radius 2 is 1.89 bits per heavy atom. The maximum Gasteiger partial charge on any atom is 0.128 e. The first-order valence-electron chi connectivity index (χ1n) is 6.92. The smallest absolute Gasteiger partial charge is 0.128 e. The predicted octanol–water partition coefficient (Wildman–Crippen LogP) is 2.88. The third-order valence-electron chi connectivity index (χ3n) is 4.00. The van der Waals surface area contributed by atoms with Crippen LogP contribution in [0, 0.1) is 5.82 Å². The van der Waals surface area contributed by atoms with E-state index in [0.29, 0.717) is 5.56 Å². The molecule has 2 nitrogen and oxygen atoms in total. The van der Waals surface area contributed by atoms with Crippen LogP contribution in [0.3, 0.4) is 0 Å². The largest absolute Gasteiger partial charge is 0.320 e. The summed E-state index contributed by atoms with van der Waals surface area (Å²) in [6.45, 7) is 4.97. The van der Waals surface area contributed by atoms with Gasteiger partial charge in [0.15, 0.2) is 0 Å². The number of rotatable bonds is 4. The molecule has 0 spiro atoms. The van der Waals surface area contributed by atoms with E-state index >= 15 is 0 Å². The van der Waals surface area contributed by atoms with Crippen LogP contribution in [-0.2, 0) is 5.54 Å². The fraction of sp³-hybridized carbons (Fsp3) is 0.600. The summed E-state index contributed by atoms with van der Waals surface area (Å²) in [6.07, 6.45) is 4.53. The number of nitrogens with two attached hydrogens (primary N) is 1. The lowest BCUT2D eigenvalue weighted by Crippen LogP contribution is -2.49. The van der Waals surface area contributed by atoms with Crippen molar-refractivity contribution >= 4 is 0 Å². The summed E-state index contributed by atoms with van der Waals surface area (Å²) in [5.41, 5.74) is 6.55. The van der Waals surface area contributed by atoms with Crippen molar-refractivity contribution in [1.29, 1.82) is 0 Å². The Bertz CT molecular complexity index is 388. The zero-order valence-corrected chi connectivity index (χ0v) is 11.2. The standard InChI is InChI=1S/C15H23FN2/c1-2-15(17,12-18-10-6-3-7-11-18)13-8-4-5-9-14(13)16/h4-5,8-9H,2-3,6-7,10-12,17H2,1H3. The molecule has 1 saturated heterocycles. The van der Waals surface area contributed by atoms with E-state index in [1.54, 1.807) is 6.07 Å². The highest BCUT2D eigenvalue weighted by Gasteiger charge is 2.30. The minimum absolute atomic E-state index is 0.182. The fourth-order valence-electron chi connectivity index (χ4n) is 2.77. The van der Waals surface area contributed by atoms with Crippen LogP contribution < -0.4 is 5.73 Å². The van der Waals surface area contributed by atoms with Gasteiger partial charge in [-0.25, -0.2) is 4.39 Å². The second-order valence-electron chi connectivity index (χ2n) is 5.33. The SMILES string of the molecule is CCC(N)(CN1CCCCC1)c1ccccc1F. The van der Waals surface area contributed by atoms with Crippen molar-refractivity contribution in [2.45, 2.75) is 38.1 Å². The van der Waals surface area contributed by atoms with Gasteiger partial charge in [0.05, 0.1) is 5.54 Å². The summed E-state index contributed by atoms with van der Waals surface area (Å²) in [7, 11) is 0. The molecule has 100 valence electrons. The molecule has 0 aromatic heterocycles. The lowest BCUT2D eigenvalue weighted by molar-refractivity contribution is 0.172. The molecule has 2 rings (SSSR count). The van der Waals surface area contributed by atoms with Crippen LogP contribution in [0.25, 0.3) is 0 Å². The molecule has 18 heavy (non-hydrogen) atoms. The van der Waals surface area contributed by atoms with Crippen molar-refractivity contribution in [1.82, 2.24) is 4.90 Å². The lowest BCUT2D eigenvalue weighted by Gasteiger charge is -2.37. The molecule has 1 atom stereocenters. The normalized spacial score (nSPS) is 20.6. The second kappa shape index (κ2) is 5.81. The van der Waals surface area contributed by atoms with Gasteiger partial charge >= 0.3 is 0 Å². The first-order valence-corrected chi connectivity index (χ1v) is 6.92. The van der Waals surface area contributed by atoms with Crippen LogP contribution >= 0.6 is 0 Å². The van der Waals surface area contributed by atoms with Gasteiger partial charge in [-0.1, -0.05) is 31.5 Å². The maximum absolute atomic E-state index is 13.9. The number of nitrogens with zero attached hydrogens (tertiary/aromatic N) is 1. The molecular formula is C15H23FN2. The van der Waals surface area contributed by atoms with Crippen LogP contribution in [0.4, 0.5) is 4.39 Å². The molecule has 1 aliphatic heterocycles. The molecule has 0 radical (unpaired) electrons. The number of piperidine rings is 1. The molecule has 0 saturated carbocycles. The van der Waals surface area contributed by atoms with Crippen LogP contribution in [-0.4, -0.2) is 24.5 Å². The molecule has 0 bridgehead atoms. The Morgan fingerprint density at radius 1 is 1.22 bits per heavy atom. The molecular weight excluding hydrogens is 227 g/mol. The number of benzene rings is 1. The van der Waals surface area contributed by atoms with Gasteiger partial charge in [-0.15, -0.1) is 0 Å². The molecule has 0 aliphatic carbocycles. The van der Waals surface area contributed by atoms with E-state index in [1.165, 1.54) is 25.3 Å². The summed E-state index contributed by atoms with van der Waals surface area (Å²) in [4.78, 5) is 2.37. The van der Waals surface area contributed by atoms with Crippen LogP contribution in [0.1, 0.15) is 38.2 Å². The summed E-state index contributed by atoms with van der Waals surface area (Å²) >= 11 is 0. The van der Waals surface area contributed by atoms with Crippen LogP contribution in [0.5, 0.6) is 0 Å². The Hall–Kier alpha value is -0.930. The van der Waals surface area contributed by atoms with Gasteiger partial charge in [-0.3, -0.25) is 0 Å². The maximum atomic E-state index is 13.9. The topological polar surface area (TPSA) is 29.3 Å². The first-order chi connectivity index (χ1) is 8.65. The number of likely N-dealkylation sites (tertiary alicyclic amines) is 1. The number of halogens is 1. The average molecular weight is 250 g/mol. The molecule has 3 heteroatoms. The Kier molecular flexibility index (Phi) is 4.36. The molecule has 1 fully saturated rings. The van der Waals surface area contributed by atoms with E-state index in [2.05, 4.69) is 4.90 Å². The molecule has 1 heterocycles. The highest BCUT2D eigenvalue weighted by atomic mass is 19.1. The van der Waals surface area contributed by atoms with Crippen molar-refractivity contribution in [2.75, 3.05) is 19.6 Å². The van der Waals surface area contributed by atoms with Crippen molar-refractivity contribution in [2.24, 2.45) is 5.73 Å². The van der Waals surface area contributed by atoms with E-state index in [1.807, 2.05) is 19.1 Å². The molecule has 0 amide bonds. The lowest BCUT2D eigenvalue weighted by atomic mass is 9.87. The van der Waals surface area contributed by atoms with Crippen molar-refractivity contribution in [3.8, 4) is 0 Å². The zero-order chi connectivity index (χ0) is 13.0. The molecule has 1 aliphatic rings. The summed E-state index contributed by atoms with van der Waals surface area (Å²) < 4.78 is 13.9. The highest BCUT2D eigenvalue weighted by molar-refractivity contribution is 5.26. The van der Waals surface area contributed by atoms with E-state index in [9.17, 15) is 4.39 Å². The molecule has 1 aromatic rings. The second-order valence-corrected chi connectivity index (χ2v) is 5.33. The fourth-order valence-corrected chi connectivity index (χ4v) is 2.77. The average Bonchev–Trinajstić information content (AvgIpc) is 2.40. The van der Waals surface area contributed by atoms with E-state index < -0.39 is 5.54 Å². The van der Waals surface area contributed by atoms with Gasteiger partial charge in [-0.05, 0) is 38.4 Å². The van der Waals surface area contributed by atoms with Gasteiger partial charge < -0.3 is 10.6 Å². The van der Waals surface area contributed by atoms with Crippen LogP contribution in [0.2, 0.25) is 0 Å². The zero-order valence-electron chi connectivity index (χ0n) is 11.2. The predicted molar refractivity (Wildman–Crippen MR) is 72.8 cm³/mol.